The number of morpholine rings is 1. The number of carbonyl (C=O) groups excluding carboxylic acids is 2. The minimum atomic E-state index is -4.13. The van der Waals surface area contributed by atoms with Gasteiger partial charge in [-0.25, -0.2) is 26.9 Å². The van der Waals surface area contributed by atoms with Gasteiger partial charge in [0.15, 0.2) is 16.8 Å². The molecular weight excluding hydrogens is 468 g/mol. The quantitative estimate of drug-likeness (QED) is 0.488. The molecule has 1 aliphatic heterocycles. The summed E-state index contributed by atoms with van der Waals surface area (Å²) in [5.41, 5.74) is 4.99. The first-order chi connectivity index (χ1) is 15.2. The summed E-state index contributed by atoms with van der Waals surface area (Å²) in [4.78, 5) is 30.6. The van der Waals surface area contributed by atoms with E-state index in [-0.39, 0.29) is 13.0 Å². The van der Waals surface area contributed by atoms with Crippen LogP contribution in [0.3, 0.4) is 0 Å². The molecule has 3 rings (SSSR count). The predicted octanol–water partition coefficient (Wildman–Crippen LogP) is 0.696. The zero-order chi connectivity index (χ0) is 23.3. The van der Waals surface area contributed by atoms with E-state index in [1.165, 1.54) is 11.3 Å². The van der Waals surface area contributed by atoms with Crippen LogP contribution in [0.2, 0.25) is 0 Å². The lowest BCUT2D eigenvalue weighted by Gasteiger charge is -2.25. The fourth-order valence-corrected chi connectivity index (χ4v) is 4.81. The molecule has 32 heavy (non-hydrogen) atoms. The van der Waals surface area contributed by atoms with Crippen molar-refractivity contribution < 1.29 is 31.5 Å². The summed E-state index contributed by atoms with van der Waals surface area (Å²) < 4.78 is 57.7. The minimum absolute atomic E-state index is 0.302. The Balaban J connectivity index is 1.47. The van der Waals surface area contributed by atoms with E-state index in [1.54, 1.807) is 6.92 Å². The van der Waals surface area contributed by atoms with Crippen LogP contribution in [0.25, 0.3) is 0 Å². The SMILES string of the molecule is Cc1nc(N2CCOCC2)sc1C(=O)NNC(=O)CCNS(=O)(=O)c1ccc(F)c(F)c1. The lowest BCUT2D eigenvalue weighted by Crippen LogP contribution is -2.42. The van der Waals surface area contributed by atoms with E-state index < -0.39 is 38.4 Å². The summed E-state index contributed by atoms with van der Waals surface area (Å²) in [6, 6.07) is 2.14. The average molecular weight is 490 g/mol. The number of aryl methyl sites for hydroxylation is 1. The average Bonchev–Trinajstić information content (AvgIpc) is 3.16. The summed E-state index contributed by atoms with van der Waals surface area (Å²) in [5, 5.41) is 0.689. The van der Waals surface area contributed by atoms with Crippen LogP contribution >= 0.6 is 11.3 Å². The molecule has 0 unspecified atom stereocenters. The van der Waals surface area contributed by atoms with Crippen molar-refractivity contribution in [1.82, 2.24) is 20.6 Å². The normalized spacial score (nSPS) is 14.3. The van der Waals surface area contributed by atoms with Crippen LogP contribution in [0, 0.1) is 18.6 Å². The molecule has 1 fully saturated rings. The molecule has 2 heterocycles. The summed E-state index contributed by atoms with van der Waals surface area (Å²) >= 11 is 1.19. The maximum absolute atomic E-state index is 13.2. The van der Waals surface area contributed by atoms with Crippen molar-refractivity contribution in [3.63, 3.8) is 0 Å². The topological polar surface area (TPSA) is 130 Å². The van der Waals surface area contributed by atoms with Gasteiger partial charge in [0.05, 0.1) is 23.8 Å². The molecule has 0 saturated carbocycles. The van der Waals surface area contributed by atoms with E-state index in [4.69, 9.17) is 4.74 Å². The van der Waals surface area contributed by atoms with Gasteiger partial charge in [-0.15, -0.1) is 0 Å². The van der Waals surface area contributed by atoms with Crippen LogP contribution < -0.4 is 20.5 Å². The molecule has 1 aliphatic rings. The summed E-state index contributed by atoms with van der Waals surface area (Å²) in [5.74, 6) is -3.67. The van der Waals surface area contributed by atoms with Crippen molar-refractivity contribution in [1.29, 1.82) is 0 Å². The second-order valence-corrected chi connectivity index (χ2v) is 9.48. The Morgan fingerprint density at radius 2 is 1.91 bits per heavy atom. The van der Waals surface area contributed by atoms with E-state index in [0.717, 1.165) is 6.07 Å². The number of carbonyl (C=O) groups is 2. The highest BCUT2D eigenvalue weighted by Gasteiger charge is 2.21. The number of ether oxygens (including phenoxy) is 1. The Bertz CT molecular complexity index is 1100. The van der Waals surface area contributed by atoms with Gasteiger partial charge in [-0.1, -0.05) is 11.3 Å². The number of hydrazine groups is 1. The number of anilines is 1. The molecule has 2 amide bonds. The zero-order valence-electron chi connectivity index (χ0n) is 17.0. The number of rotatable bonds is 7. The molecule has 2 aromatic rings. The van der Waals surface area contributed by atoms with Crippen molar-refractivity contribution in [3.8, 4) is 0 Å². The van der Waals surface area contributed by atoms with Gasteiger partial charge in [0.25, 0.3) is 5.91 Å². The highest BCUT2D eigenvalue weighted by Crippen LogP contribution is 2.26. The first kappa shape index (κ1) is 24.0. The lowest BCUT2D eigenvalue weighted by atomic mass is 10.3. The molecule has 14 heteroatoms. The molecule has 1 saturated heterocycles. The fourth-order valence-electron chi connectivity index (χ4n) is 2.75. The number of benzene rings is 1. The van der Waals surface area contributed by atoms with Gasteiger partial charge in [0, 0.05) is 26.1 Å². The minimum Gasteiger partial charge on any atom is -0.378 e. The summed E-state index contributed by atoms with van der Waals surface area (Å²) in [6.07, 6.45) is -0.302. The van der Waals surface area contributed by atoms with Gasteiger partial charge >= 0.3 is 0 Å². The molecule has 1 aromatic heterocycles. The lowest BCUT2D eigenvalue weighted by molar-refractivity contribution is -0.121. The van der Waals surface area contributed by atoms with Gasteiger partial charge in [-0.05, 0) is 25.1 Å². The van der Waals surface area contributed by atoms with Crippen molar-refractivity contribution in [2.75, 3.05) is 37.7 Å². The number of halogens is 2. The van der Waals surface area contributed by atoms with Crippen LogP contribution in [0.4, 0.5) is 13.9 Å². The van der Waals surface area contributed by atoms with Crippen LogP contribution in [0.1, 0.15) is 21.8 Å². The number of aromatic nitrogens is 1. The van der Waals surface area contributed by atoms with Crippen molar-refractivity contribution in [2.24, 2.45) is 0 Å². The Hall–Kier alpha value is -2.68. The van der Waals surface area contributed by atoms with Crippen LogP contribution in [-0.4, -0.2) is 58.1 Å². The largest absolute Gasteiger partial charge is 0.378 e. The van der Waals surface area contributed by atoms with Crippen molar-refractivity contribution >= 4 is 38.3 Å². The monoisotopic (exact) mass is 489 g/mol. The molecule has 0 bridgehead atoms. The summed E-state index contributed by atoms with van der Waals surface area (Å²) in [7, 11) is -4.13. The van der Waals surface area contributed by atoms with Gasteiger partial charge in [0.1, 0.15) is 4.88 Å². The second-order valence-electron chi connectivity index (χ2n) is 6.74. The first-order valence-corrected chi connectivity index (χ1v) is 11.8. The molecule has 0 spiro atoms. The highest BCUT2D eigenvalue weighted by molar-refractivity contribution is 7.89. The van der Waals surface area contributed by atoms with E-state index in [1.807, 2.05) is 4.90 Å². The molecular formula is C18H21F2N5O5S2. The van der Waals surface area contributed by atoms with E-state index in [0.29, 0.717) is 54.1 Å². The number of amides is 2. The van der Waals surface area contributed by atoms with Crippen LogP contribution in [0.15, 0.2) is 23.1 Å². The third-order valence-corrected chi connectivity index (χ3v) is 7.11. The summed E-state index contributed by atoms with van der Waals surface area (Å²) in [6.45, 7) is 3.87. The van der Waals surface area contributed by atoms with Crippen LogP contribution in [-0.2, 0) is 19.6 Å². The molecule has 174 valence electrons. The van der Waals surface area contributed by atoms with Crippen molar-refractivity contribution in [3.05, 3.63) is 40.4 Å². The van der Waals surface area contributed by atoms with E-state index in [2.05, 4.69) is 20.6 Å². The zero-order valence-corrected chi connectivity index (χ0v) is 18.6. The number of sulfonamides is 1. The Morgan fingerprint density at radius 1 is 1.19 bits per heavy atom. The van der Waals surface area contributed by atoms with Gasteiger partial charge in [-0.2, -0.15) is 0 Å². The molecule has 0 aliphatic carbocycles. The second kappa shape index (κ2) is 10.3. The van der Waals surface area contributed by atoms with E-state index in [9.17, 15) is 26.8 Å². The molecule has 1 aromatic carbocycles. The molecule has 3 N–H and O–H groups in total. The smallest absolute Gasteiger partial charge is 0.281 e. The fraction of sp³-hybridized carbons (Fsp3) is 0.389. The standard InChI is InChI=1S/C18H21F2N5O5S2/c1-11-16(31-18(22-11)25-6-8-30-9-7-25)17(27)24-23-15(26)4-5-21-32(28,29)12-2-3-13(19)14(20)10-12/h2-3,10,21H,4-9H2,1H3,(H,23,26)(H,24,27). The van der Waals surface area contributed by atoms with E-state index >= 15 is 0 Å². The predicted molar refractivity (Wildman–Crippen MR) is 112 cm³/mol. The Labute approximate surface area is 187 Å². The number of hydrogen-bond acceptors (Lipinski definition) is 8. The number of thiazole rings is 1. The molecule has 0 radical (unpaired) electrons. The number of nitrogens with zero attached hydrogens (tertiary/aromatic N) is 2. The third kappa shape index (κ3) is 5.97. The maximum Gasteiger partial charge on any atom is 0.281 e. The van der Waals surface area contributed by atoms with Crippen molar-refractivity contribution in [2.45, 2.75) is 18.2 Å². The Kier molecular flexibility index (Phi) is 7.71. The highest BCUT2D eigenvalue weighted by atomic mass is 32.2. The Morgan fingerprint density at radius 3 is 2.59 bits per heavy atom. The molecule has 0 atom stereocenters. The maximum atomic E-state index is 13.2. The first-order valence-electron chi connectivity index (χ1n) is 9.51. The third-order valence-electron chi connectivity index (χ3n) is 4.43. The number of hydrogen-bond donors (Lipinski definition) is 3. The van der Waals surface area contributed by atoms with Gasteiger partial charge in [-0.3, -0.25) is 20.4 Å². The number of nitrogens with one attached hydrogen (secondary N) is 3. The van der Waals surface area contributed by atoms with Gasteiger partial charge in [0.2, 0.25) is 15.9 Å². The van der Waals surface area contributed by atoms with Crippen LogP contribution in [0.5, 0.6) is 0 Å². The molecule has 10 nitrogen and oxygen atoms in total. The van der Waals surface area contributed by atoms with Gasteiger partial charge < -0.3 is 9.64 Å².